The maximum Gasteiger partial charge on any atom is 0.147 e. The summed E-state index contributed by atoms with van der Waals surface area (Å²) in [6.45, 7) is 4.23. The molecule has 1 aliphatic rings. The van der Waals surface area contributed by atoms with Crippen LogP contribution in [-0.2, 0) is 12.4 Å². The Bertz CT molecular complexity index is 731. The lowest BCUT2D eigenvalue weighted by Gasteiger charge is -2.36. The summed E-state index contributed by atoms with van der Waals surface area (Å²) in [6, 6.07) is 15.0. The van der Waals surface area contributed by atoms with Crippen molar-refractivity contribution in [2.75, 3.05) is 31.1 Å². The molecule has 3 rings (SSSR count). The van der Waals surface area contributed by atoms with E-state index in [1.165, 1.54) is 11.6 Å². The van der Waals surface area contributed by atoms with Crippen molar-refractivity contribution in [1.82, 2.24) is 4.90 Å². The van der Waals surface area contributed by atoms with E-state index in [0.29, 0.717) is 17.1 Å². The summed E-state index contributed by atoms with van der Waals surface area (Å²) >= 11 is 5.81. The van der Waals surface area contributed by atoms with Crippen molar-refractivity contribution in [3.05, 3.63) is 65.0 Å². The highest BCUT2D eigenvalue weighted by Crippen LogP contribution is 2.22. The molecule has 1 aliphatic heterocycles. The molecule has 1 heterocycles. The number of nitriles is 1. The van der Waals surface area contributed by atoms with Gasteiger partial charge in [0.25, 0.3) is 0 Å². The van der Waals surface area contributed by atoms with E-state index in [2.05, 4.69) is 29.2 Å². The molecule has 0 unspecified atom stereocenters. The first-order valence-electron chi connectivity index (χ1n) is 8.00. The van der Waals surface area contributed by atoms with Crippen LogP contribution in [-0.4, -0.2) is 31.1 Å². The second-order valence-corrected chi connectivity index (χ2v) is 6.26. The van der Waals surface area contributed by atoms with Gasteiger partial charge in [-0.05, 0) is 29.3 Å². The highest BCUT2D eigenvalue weighted by atomic mass is 35.5. The van der Waals surface area contributed by atoms with Crippen molar-refractivity contribution in [3.63, 3.8) is 0 Å². The molecule has 2 aromatic carbocycles. The lowest BCUT2D eigenvalue weighted by molar-refractivity contribution is 0.249. The second-order valence-electron chi connectivity index (χ2n) is 5.99. The first kappa shape index (κ1) is 16.8. The summed E-state index contributed by atoms with van der Waals surface area (Å²) in [6.07, 6.45) is 0. The second kappa shape index (κ2) is 7.65. The summed E-state index contributed by atoms with van der Waals surface area (Å²) in [4.78, 5) is 4.41. The van der Waals surface area contributed by atoms with E-state index >= 15 is 0 Å². The Morgan fingerprint density at radius 3 is 2.25 bits per heavy atom. The van der Waals surface area contributed by atoms with Crippen LogP contribution in [0.4, 0.5) is 10.1 Å². The molecule has 0 N–H and O–H groups in total. The Labute approximate surface area is 146 Å². The van der Waals surface area contributed by atoms with E-state index in [1.807, 2.05) is 11.0 Å². The minimum absolute atomic E-state index is 0.320. The standard InChI is InChI=1S/C19H19ClFN3/c20-12-15-1-3-16(4-2-15)14-23-7-9-24(10-8-23)19-6-5-17(13-22)11-18(19)21/h1-6,11H,7-10,12,14H2. The minimum Gasteiger partial charge on any atom is -0.367 e. The SMILES string of the molecule is N#Cc1ccc(N2CCN(Cc3ccc(CCl)cc3)CC2)c(F)c1. The molecule has 0 amide bonds. The fourth-order valence-corrected chi connectivity index (χ4v) is 3.15. The Morgan fingerprint density at radius 1 is 1.00 bits per heavy atom. The van der Waals surface area contributed by atoms with Gasteiger partial charge in [-0.15, -0.1) is 11.6 Å². The molecule has 2 aromatic rings. The molecule has 3 nitrogen and oxygen atoms in total. The highest BCUT2D eigenvalue weighted by Gasteiger charge is 2.19. The number of alkyl halides is 1. The molecule has 0 aromatic heterocycles. The van der Waals surface area contributed by atoms with Crippen molar-refractivity contribution < 1.29 is 4.39 Å². The molecule has 0 spiro atoms. The van der Waals surface area contributed by atoms with E-state index in [1.54, 1.807) is 12.1 Å². The van der Waals surface area contributed by atoms with Crippen LogP contribution in [0.5, 0.6) is 0 Å². The Morgan fingerprint density at radius 2 is 1.67 bits per heavy atom. The molecule has 0 atom stereocenters. The third-order valence-corrected chi connectivity index (χ3v) is 4.68. The average molecular weight is 344 g/mol. The zero-order valence-corrected chi connectivity index (χ0v) is 14.1. The molecule has 0 radical (unpaired) electrons. The summed E-state index contributed by atoms with van der Waals surface area (Å²) in [5, 5.41) is 8.83. The van der Waals surface area contributed by atoms with Gasteiger partial charge in [-0.3, -0.25) is 4.90 Å². The van der Waals surface area contributed by atoms with Crippen molar-refractivity contribution in [2.45, 2.75) is 12.4 Å². The fourth-order valence-electron chi connectivity index (χ4n) is 2.97. The molecule has 0 saturated carbocycles. The number of hydrogen-bond donors (Lipinski definition) is 0. The van der Waals surface area contributed by atoms with Crippen molar-refractivity contribution in [1.29, 1.82) is 5.26 Å². The maximum absolute atomic E-state index is 14.1. The smallest absolute Gasteiger partial charge is 0.147 e. The normalized spacial score (nSPS) is 15.3. The van der Waals surface area contributed by atoms with Gasteiger partial charge in [0.1, 0.15) is 5.82 Å². The first-order valence-corrected chi connectivity index (χ1v) is 8.54. The summed E-state index contributed by atoms with van der Waals surface area (Å²) < 4.78 is 14.1. The topological polar surface area (TPSA) is 30.3 Å². The summed E-state index contributed by atoms with van der Waals surface area (Å²) in [5.74, 6) is 0.217. The lowest BCUT2D eigenvalue weighted by atomic mass is 10.1. The van der Waals surface area contributed by atoms with E-state index in [4.69, 9.17) is 16.9 Å². The molecular weight excluding hydrogens is 325 g/mol. The lowest BCUT2D eigenvalue weighted by Crippen LogP contribution is -2.46. The van der Waals surface area contributed by atoms with Gasteiger partial charge in [0.2, 0.25) is 0 Å². The van der Waals surface area contributed by atoms with Gasteiger partial charge in [0.15, 0.2) is 0 Å². The number of anilines is 1. The Kier molecular flexibility index (Phi) is 5.34. The van der Waals surface area contributed by atoms with Gasteiger partial charge in [0.05, 0.1) is 17.3 Å². The van der Waals surface area contributed by atoms with Gasteiger partial charge in [-0.1, -0.05) is 24.3 Å². The van der Waals surface area contributed by atoms with Crippen molar-refractivity contribution in [3.8, 4) is 6.07 Å². The van der Waals surface area contributed by atoms with E-state index in [9.17, 15) is 4.39 Å². The first-order chi connectivity index (χ1) is 11.7. The van der Waals surface area contributed by atoms with Crippen LogP contribution in [0, 0.1) is 17.1 Å². The molecule has 1 fully saturated rings. The van der Waals surface area contributed by atoms with Crippen LogP contribution >= 0.6 is 11.6 Å². The van der Waals surface area contributed by atoms with Crippen LogP contribution in [0.2, 0.25) is 0 Å². The Balaban J connectivity index is 1.58. The number of hydrogen-bond acceptors (Lipinski definition) is 3. The number of halogens is 2. The van der Waals surface area contributed by atoms with Crippen molar-refractivity contribution >= 4 is 17.3 Å². The monoisotopic (exact) mass is 343 g/mol. The Hall–Kier alpha value is -2.09. The fraction of sp³-hybridized carbons (Fsp3) is 0.316. The predicted octanol–water partition coefficient (Wildman–Crippen LogP) is 3.76. The number of piperazine rings is 1. The predicted molar refractivity (Wildman–Crippen MR) is 94.6 cm³/mol. The van der Waals surface area contributed by atoms with E-state index in [0.717, 1.165) is 38.3 Å². The third-order valence-electron chi connectivity index (χ3n) is 4.37. The van der Waals surface area contributed by atoms with Crippen molar-refractivity contribution in [2.24, 2.45) is 0 Å². The largest absolute Gasteiger partial charge is 0.367 e. The maximum atomic E-state index is 14.1. The zero-order valence-electron chi connectivity index (χ0n) is 13.4. The molecule has 1 saturated heterocycles. The summed E-state index contributed by atoms with van der Waals surface area (Å²) in [5.41, 5.74) is 3.33. The highest BCUT2D eigenvalue weighted by molar-refractivity contribution is 6.17. The number of rotatable bonds is 4. The quantitative estimate of drug-likeness (QED) is 0.792. The zero-order chi connectivity index (χ0) is 16.9. The van der Waals surface area contributed by atoms with Crippen LogP contribution in [0.3, 0.4) is 0 Å². The molecular formula is C19H19ClFN3. The van der Waals surface area contributed by atoms with Crippen LogP contribution in [0.25, 0.3) is 0 Å². The van der Waals surface area contributed by atoms with Gasteiger partial charge in [0, 0.05) is 38.6 Å². The van der Waals surface area contributed by atoms with Crippen LogP contribution in [0.1, 0.15) is 16.7 Å². The van der Waals surface area contributed by atoms with Crippen LogP contribution in [0.15, 0.2) is 42.5 Å². The van der Waals surface area contributed by atoms with Gasteiger partial charge in [-0.25, -0.2) is 4.39 Å². The molecule has 124 valence electrons. The number of benzene rings is 2. The third kappa shape index (κ3) is 3.87. The summed E-state index contributed by atoms with van der Waals surface area (Å²) in [7, 11) is 0. The molecule has 5 heteroatoms. The minimum atomic E-state index is -0.320. The van der Waals surface area contributed by atoms with Gasteiger partial charge >= 0.3 is 0 Å². The number of nitrogens with zero attached hydrogens (tertiary/aromatic N) is 3. The average Bonchev–Trinajstić information content (AvgIpc) is 2.63. The van der Waals surface area contributed by atoms with E-state index < -0.39 is 0 Å². The molecule has 0 bridgehead atoms. The van der Waals surface area contributed by atoms with E-state index in [-0.39, 0.29) is 5.82 Å². The van der Waals surface area contributed by atoms with Gasteiger partial charge < -0.3 is 4.90 Å². The molecule has 24 heavy (non-hydrogen) atoms. The van der Waals surface area contributed by atoms with Crippen LogP contribution < -0.4 is 4.90 Å². The molecule has 0 aliphatic carbocycles. The van der Waals surface area contributed by atoms with Gasteiger partial charge in [-0.2, -0.15) is 5.26 Å².